The zero-order chi connectivity index (χ0) is 11.8. The second-order valence-electron chi connectivity index (χ2n) is 4.01. The molecule has 0 aliphatic carbocycles. The molecule has 0 aromatic carbocycles. The smallest absolute Gasteiger partial charge is 0.375 e. The van der Waals surface area contributed by atoms with Gasteiger partial charge in [-0.3, -0.25) is 0 Å². The van der Waals surface area contributed by atoms with E-state index >= 15 is 0 Å². The summed E-state index contributed by atoms with van der Waals surface area (Å²) in [6, 6.07) is 0. The Morgan fingerprint density at radius 3 is 2.07 bits per heavy atom. The first-order chi connectivity index (χ1) is 6.91. The van der Waals surface area contributed by atoms with Gasteiger partial charge in [0.05, 0.1) is 13.2 Å². The van der Waals surface area contributed by atoms with Crippen LogP contribution in [0.5, 0.6) is 0 Å². The maximum Gasteiger partial charge on any atom is 0.375 e. The van der Waals surface area contributed by atoms with Crippen molar-refractivity contribution in [3.05, 3.63) is 0 Å². The highest BCUT2D eigenvalue weighted by Gasteiger charge is 2.10. The van der Waals surface area contributed by atoms with E-state index in [2.05, 4.69) is 0 Å². The van der Waals surface area contributed by atoms with Crippen molar-refractivity contribution < 1.29 is 14.3 Å². The minimum absolute atomic E-state index is 0.234. The predicted molar refractivity (Wildman–Crippen MR) is 67.2 cm³/mol. The lowest BCUT2D eigenvalue weighted by Gasteiger charge is -2.09. The second-order valence-corrected chi connectivity index (χ2v) is 5.55. The predicted octanol–water partition coefficient (Wildman–Crippen LogP) is 3.47. The molecule has 15 heavy (non-hydrogen) atoms. The van der Waals surface area contributed by atoms with Gasteiger partial charge in [0.25, 0.3) is 0 Å². The van der Waals surface area contributed by atoms with Crippen LogP contribution in [0.15, 0.2) is 0 Å². The van der Waals surface area contributed by atoms with E-state index in [0.29, 0.717) is 25.0 Å². The van der Waals surface area contributed by atoms with Crippen LogP contribution in [-0.2, 0) is 9.47 Å². The van der Waals surface area contributed by atoms with Crippen LogP contribution in [-0.4, -0.2) is 22.9 Å². The number of hydrogen-bond acceptors (Lipinski definition) is 5. The van der Waals surface area contributed by atoms with E-state index in [0.717, 1.165) is 11.8 Å². The van der Waals surface area contributed by atoms with E-state index < -0.39 is 5.30 Å². The molecule has 88 valence electrons. The van der Waals surface area contributed by atoms with Crippen LogP contribution >= 0.6 is 24.0 Å². The van der Waals surface area contributed by atoms with E-state index in [4.69, 9.17) is 21.7 Å². The molecule has 0 fully saturated rings. The van der Waals surface area contributed by atoms with Gasteiger partial charge >= 0.3 is 5.30 Å². The lowest BCUT2D eigenvalue weighted by Crippen LogP contribution is -2.10. The number of ether oxygens (including phenoxy) is 2. The normalized spacial score (nSPS) is 10.5. The largest absolute Gasteiger partial charge is 0.478 e. The summed E-state index contributed by atoms with van der Waals surface area (Å²) >= 11 is 5.70. The van der Waals surface area contributed by atoms with Gasteiger partial charge in [0, 0.05) is 11.8 Å². The van der Waals surface area contributed by atoms with Crippen LogP contribution in [0.3, 0.4) is 0 Å². The highest BCUT2D eigenvalue weighted by atomic mass is 32.2. The Balaban J connectivity index is 3.63. The molecule has 0 rings (SSSR count). The molecule has 0 heterocycles. The average Bonchev–Trinajstić information content (AvgIpc) is 2.11. The Morgan fingerprint density at radius 2 is 1.60 bits per heavy atom. The van der Waals surface area contributed by atoms with E-state index in [9.17, 15) is 4.79 Å². The maximum atomic E-state index is 11.2. The first-order valence-corrected chi connectivity index (χ1v) is 6.15. The molecule has 0 aliphatic rings. The van der Waals surface area contributed by atoms with Gasteiger partial charge in [-0.1, -0.05) is 27.7 Å². The number of rotatable bonds is 4. The third kappa shape index (κ3) is 10.0. The van der Waals surface area contributed by atoms with Gasteiger partial charge in [0.1, 0.15) is 0 Å². The molecule has 0 saturated carbocycles. The van der Waals surface area contributed by atoms with Gasteiger partial charge in [-0.15, -0.1) is 0 Å². The molecule has 0 radical (unpaired) electrons. The van der Waals surface area contributed by atoms with Crippen LogP contribution in [0.25, 0.3) is 0 Å². The van der Waals surface area contributed by atoms with Crippen LogP contribution in [0, 0.1) is 11.8 Å². The number of thioether (sulfide) groups is 1. The molecule has 5 heteroatoms. The van der Waals surface area contributed by atoms with Gasteiger partial charge < -0.3 is 9.47 Å². The van der Waals surface area contributed by atoms with Gasteiger partial charge in [0.15, 0.2) is 0 Å². The van der Waals surface area contributed by atoms with E-state index in [1.807, 2.05) is 27.7 Å². The summed E-state index contributed by atoms with van der Waals surface area (Å²) in [7, 11) is 0. The number of carbonyl (C=O) groups is 1. The second kappa shape index (κ2) is 7.93. The Bertz CT molecular complexity index is 193. The molecule has 3 nitrogen and oxygen atoms in total. The van der Waals surface area contributed by atoms with Crippen LogP contribution in [0.2, 0.25) is 0 Å². The first-order valence-electron chi connectivity index (χ1n) is 4.93. The van der Waals surface area contributed by atoms with Crippen molar-refractivity contribution in [3.63, 3.8) is 0 Å². The molecule has 0 aliphatic heterocycles. The summed E-state index contributed by atoms with van der Waals surface area (Å²) in [6.07, 6.45) is 0. The molecule has 0 atom stereocenters. The molecule has 0 spiro atoms. The number of hydrogen-bond donors (Lipinski definition) is 0. The first kappa shape index (κ1) is 14.7. The number of thiocarbonyl (C=S) groups is 1. The topological polar surface area (TPSA) is 35.5 Å². The van der Waals surface area contributed by atoms with E-state index in [-0.39, 0.29) is 4.38 Å². The molecule has 0 N–H and O–H groups in total. The Kier molecular flexibility index (Phi) is 7.78. The van der Waals surface area contributed by atoms with E-state index in [1.54, 1.807) is 0 Å². The summed E-state index contributed by atoms with van der Waals surface area (Å²) in [6.45, 7) is 8.94. The van der Waals surface area contributed by atoms with Crippen molar-refractivity contribution in [3.8, 4) is 0 Å². The SMILES string of the molecule is CC(C)COC(=O)SC(=S)OCC(C)C. The highest BCUT2D eigenvalue weighted by Crippen LogP contribution is 2.11. The van der Waals surface area contributed by atoms with Gasteiger partial charge in [-0.05, 0) is 24.1 Å². The summed E-state index contributed by atoms with van der Waals surface area (Å²) in [5, 5.41) is -0.391. The Labute approximate surface area is 101 Å². The summed E-state index contributed by atoms with van der Waals surface area (Å²) < 4.78 is 10.3. The van der Waals surface area contributed by atoms with Crippen LogP contribution < -0.4 is 0 Å². The maximum absolute atomic E-state index is 11.2. The number of carbonyl (C=O) groups excluding carboxylic acids is 1. The molecule has 0 saturated heterocycles. The van der Waals surface area contributed by atoms with Crippen LogP contribution in [0.1, 0.15) is 27.7 Å². The lowest BCUT2D eigenvalue weighted by molar-refractivity contribution is 0.160. The minimum atomic E-state index is -0.391. The molecular formula is C10H18O3S2. The van der Waals surface area contributed by atoms with Gasteiger partial charge in [-0.25, -0.2) is 4.79 Å². The van der Waals surface area contributed by atoms with Crippen molar-refractivity contribution in [1.82, 2.24) is 0 Å². The minimum Gasteiger partial charge on any atom is -0.478 e. The van der Waals surface area contributed by atoms with Crippen molar-refractivity contribution >= 4 is 33.7 Å². The fourth-order valence-electron chi connectivity index (χ4n) is 0.596. The highest BCUT2D eigenvalue weighted by molar-refractivity contribution is 8.32. The molecule has 0 unspecified atom stereocenters. The summed E-state index contributed by atoms with van der Waals surface area (Å²) in [5.74, 6) is 0.731. The standard InChI is InChI=1S/C10H18O3S2/c1-7(2)5-12-9(11)15-10(14)13-6-8(3)4/h7-8H,5-6H2,1-4H3. The molecule has 0 bridgehead atoms. The van der Waals surface area contributed by atoms with Crippen molar-refractivity contribution in [1.29, 1.82) is 0 Å². The fourth-order valence-corrected chi connectivity index (χ4v) is 1.26. The zero-order valence-electron chi connectivity index (χ0n) is 9.61. The Hall–Kier alpha value is -0.290. The van der Waals surface area contributed by atoms with Crippen molar-refractivity contribution in [2.75, 3.05) is 13.2 Å². The Morgan fingerprint density at radius 1 is 1.13 bits per heavy atom. The summed E-state index contributed by atoms with van der Waals surface area (Å²) in [5.41, 5.74) is 0. The molecular weight excluding hydrogens is 232 g/mol. The van der Waals surface area contributed by atoms with Crippen molar-refractivity contribution in [2.24, 2.45) is 11.8 Å². The lowest BCUT2D eigenvalue weighted by atomic mass is 10.2. The third-order valence-electron chi connectivity index (χ3n) is 1.24. The van der Waals surface area contributed by atoms with Crippen molar-refractivity contribution in [2.45, 2.75) is 27.7 Å². The molecule has 0 amide bonds. The van der Waals surface area contributed by atoms with Gasteiger partial charge in [0.2, 0.25) is 4.38 Å². The quantitative estimate of drug-likeness (QED) is 0.564. The zero-order valence-corrected chi connectivity index (χ0v) is 11.2. The monoisotopic (exact) mass is 250 g/mol. The molecule has 0 aromatic heterocycles. The third-order valence-corrected chi connectivity index (χ3v) is 2.17. The molecule has 0 aromatic rings. The van der Waals surface area contributed by atoms with E-state index in [1.165, 1.54) is 0 Å². The van der Waals surface area contributed by atoms with Crippen LogP contribution in [0.4, 0.5) is 4.79 Å². The average molecular weight is 250 g/mol. The summed E-state index contributed by atoms with van der Waals surface area (Å²) in [4.78, 5) is 11.2. The fraction of sp³-hybridized carbons (Fsp3) is 0.800. The van der Waals surface area contributed by atoms with Gasteiger partial charge in [-0.2, -0.15) is 0 Å².